The lowest BCUT2D eigenvalue weighted by Gasteiger charge is -2.22. The molecule has 1 aromatic rings. The molecule has 1 amide bonds. The Morgan fingerprint density at radius 2 is 2.05 bits per heavy atom. The Kier molecular flexibility index (Phi) is 6.06. The quantitative estimate of drug-likeness (QED) is 0.780. The number of amides is 1. The van der Waals surface area contributed by atoms with E-state index in [1.165, 1.54) is 31.2 Å². The number of hydrogen-bond acceptors (Lipinski definition) is 2. The van der Waals surface area contributed by atoms with Crippen LogP contribution in [-0.2, 0) is 11.2 Å². The zero-order chi connectivity index (χ0) is 14.2. The van der Waals surface area contributed by atoms with Crippen LogP contribution in [0.3, 0.4) is 0 Å². The number of carbonyl (C=O) groups excluding carboxylic acids is 1. The van der Waals surface area contributed by atoms with Crippen molar-refractivity contribution in [1.82, 2.24) is 5.32 Å². The van der Waals surface area contributed by atoms with Crippen molar-refractivity contribution >= 4 is 11.6 Å². The first kappa shape index (κ1) is 15.0. The van der Waals surface area contributed by atoms with Crippen molar-refractivity contribution in [2.75, 3.05) is 11.9 Å². The van der Waals surface area contributed by atoms with E-state index >= 15 is 0 Å². The summed E-state index contributed by atoms with van der Waals surface area (Å²) in [6.45, 7) is 3.17. The predicted molar refractivity (Wildman–Crippen MR) is 83.9 cm³/mol. The number of rotatable bonds is 6. The van der Waals surface area contributed by atoms with Crippen molar-refractivity contribution in [2.24, 2.45) is 0 Å². The number of nitrogens with one attached hydrogen (secondary N) is 2. The third-order valence-electron chi connectivity index (χ3n) is 3.92. The molecular weight excluding hydrogens is 248 g/mol. The van der Waals surface area contributed by atoms with Gasteiger partial charge in [-0.1, -0.05) is 38.3 Å². The highest BCUT2D eigenvalue weighted by Gasteiger charge is 2.20. The summed E-state index contributed by atoms with van der Waals surface area (Å²) >= 11 is 0. The van der Waals surface area contributed by atoms with Crippen LogP contribution in [0.5, 0.6) is 0 Å². The number of anilines is 1. The van der Waals surface area contributed by atoms with Crippen LogP contribution in [0.1, 0.15) is 51.0 Å². The van der Waals surface area contributed by atoms with Crippen molar-refractivity contribution in [3.05, 3.63) is 29.8 Å². The van der Waals surface area contributed by atoms with Gasteiger partial charge in [-0.15, -0.1) is 0 Å². The molecule has 2 rings (SSSR count). The standard InChI is InChI=1S/C17H26N2O/c1-2-3-4-7-14-9-11-15(12-10-14)19-17(20)16-8-5-6-13-18-16/h9-12,16,18H,2-8,13H2,1H3,(H,19,20)/t16-/m1/s1. The summed E-state index contributed by atoms with van der Waals surface area (Å²) in [5, 5.41) is 6.28. The molecule has 3 nitrogen and oxygen atoms in total. The lowest BCUT2D eigenvalue weighted by atomic mass is 10.0. The molecule has 1 aliphatic rings. The van der Waals surface area contributed by atoms with Gasteiger partial charge in [0.1, 0.15) is 0 Å². The van der Waals surface area contributed by atoms with Crippen LogP contribution in [0, 0.1) is 0 Å². The topological polar surface area (TPSA) is 41.1 Å². The number of benzene rings is 1. The minimum Gasteiger partial charge on any atom is -0.325 e. The van der Waals surface area contributed by atoms with Crippen molar-refractivity contribution in [2.45, 2.75) is 57.9 Å². The van der Waals surface area contributed by atoms with Gasteiger partial charge >= 0.3 is 0 Å². The molecule has 0 unspecified atom stereocenters. The fourth-order valence-corrected chi connectivity index (χ4v) is 2.64. The molecule has 0 radical (unpaired) electrons. The highest BCUT2D eigenvalue weighted by molar-refractivity contribution is 5.94. The lowest BCUT2D eigenvalue weighted by molar-refractivity contribution is -0.118. The van der Waals surface area contributed by atoms with Gasteiger partial charge in [0.15, 0.2) is 0 Å². The van der Waals surface area contributed by atoms with Gasteiger partial charge < -0.3 is 10.6 Å². The molecule has 1 fully saturated rings. The van der Waals surface area contributed by atoms with Crippen LogP contribution in [-0.4, -0.2) is 18.5 Å². The van der Waals surface area contributed by atoms with E-state index in [9.17, 15) is 4.79 Å². The smallest absolute Gasteiger partial charge is 0.241 e. The molecule has 0 saturated carbocycles. The van der Waals surface area contributed by atoms with Crippen LogP contribution in [0.25, 0.3) is 0 Å². The molecule has 2 N–H and O–H groups in total. The summed E-state index contributed by atoms with van der Waals surface area (Å²) in [6.07, 6.45) is 8.17. The second kappa shape index (κ2) is 8.05. The first-order valence-electron chi connectivity index (χ1n) is 7.93. The van der Waals surface area contributed by atoms with Gasteiger partial charge in [0.05, 0.1) is 6.04 Å². The third kappa shape index (κ3) is 4.64. The minimum absolute atomic E-state index is 0.0204. The van der Waals surface area contributed by atoms with E-state index in [1.807, 2.05) is 12.1 Å². The molecule has 0 aliphatic carbocycles. The van der Waals surface area contributed by atoms with Gasteiger partial charge in [-0.05, 0) is 49.9 Å². The Morgan fingerprint density at radius 1 is 1.25 bits per heavy atom. The van der Waals surface area contributed by atoms with Gasteiger partial charge in [-0.2, -0.15) is 0 Å². The highest BCUT2D eigenvalue weighted by atomic mass is 16.2. The molecule has 1 aromatic carbocycles. The van der Waals surface area contributed by atoms with E-state index in [0.29, 0.717) is 0 Å². The Balaban J connectivity index is 1.81. The van der Waals surface area contributed by atoms with Gasteiger partial charge in [0, 0.05) is 5.69 Å². The molecule has 1 saturated heterocycles. The van der Waals surface area contributed by atoms with Gasteiger partial charge in [-0.25, -0.2) is 0 Å². The van der Waals surface area contributed by atoms with E-state index in [1.54, 1.807) is 0 Å². The fraction of sp³-hybridized carbons (Fsp3) is 0.588. The highest BCUT2D eigenvalue weighted by Crippen LogP contribution is 2.14. The number of carbonyl (C=O) groups is 1. The predicted octanol–water partition coefficient (Wildman–Crippen LogP) is 3.50. The van der Waals surface area contributed by atoms with E-state index < -0.39 is 0 Å². The van der Waals surface area contributed by atoms with Crippen LogP contribution < -0.4 is 10.6 Å². The number of unbranched alkanes of at least 4 members (excludes halogenated alkanes) is 2. The minimum atomic E-state index is -0.0204. The summed E-state index contributed by atoms with van der Waals surface area (Å²) in [6, 6.07) is 8.26. The van der Waals surface area contributed by atoms with Crippen LogP contribution in [0.2, 0.25) is 0 Å². The second-order valence-electron chi connectivity index (χ2n) is 5.65. The Morgan fingerprint density at radius 3 is 2.70 bits per heavy atom. The zero-order valence-electron chi connectivity index (χ0n) is 12.5. The average Bonchev–Trinajstić information content (AvgIpc) is 2.50. The summed E-state index contributed by atoms with van der Waals surface area (Å²) < 4.78 is 0. The first-order valence-corrected chi connectivity index (χ1v) is 7.93. The first-order chi connectivity index (χ1) is 9.79. The second-order valence-corrected chi connectivity index (χ2v) is 5.65. The monoisotopic (exact) mass is 274 g/mol. The van der Waals surface area contributed by atoms with Crippen molar-refractivity contribution in [3.63, 3.8) is 0 Å². The summed E-state index contributed by atoms with van der Waals surface area (Å²) in [5.41, 5.74) is 2.26. The van der Waals surface area contributed by atoms with E-state index in [2.05, 4.69) is 29.7 Å². The zero-order valence-corrected chi connectivity index (χ0v) is 12.5. The summed E-state index contributed by atoms with van der Waals surface area (Å²) in [7, 11) is 0. The van der Waals surface area contributed by atoms with Crippen molar-refractivity contribution < 1.29 is 4.79 Å². The SMILES string of the molecule is CCCCCc1ccc(NC(=O)[C@H]2CCCCN2)cc1. The summed E-state index contributed by atoms with van der Waals surface area (Å²) in [4.78, 5) is 12.1. The van der Waals surface area contributed by atoms with Crippen LogP contribution >= 0.6 is 0 Å². The molecule has 1 atom stereocenters. The molecule has 0 aromatic heterocycles. The third-order valence-corrected chi connectivity index (χ3v) is 3.92. The molecule has 110 valence electrons. The van der Waals surface area contributed by atoms with E-state index in [-0.39, 0.29) is 11.9 Å². The van der Waals surface area contributed by atoms with Crippen molar-refractivity contribution in [3.8, 4) is 0 Å². The van der Waals surface area contributed by atoms with E-state index in [0.717, 1.165) is 31.5 Å². The molecule has 1 aliphatic heterocycles. The van der Waals surface area contributed by atoms with Gasteiger partial charge in [0.2, 0.25) is 5.91 Å². The molecule has 0 bridgehead atoms. The molecule has 1 heterocycles. The Bertz CT molecular complexity index is 408. The largest absolute Gasteiger partial charge is 0.325 e. The molecular formula is C17H26N2O. The average molecular weight is 274 g/mol. The van der Waals surface area contributed by atoms with E-state index in [4.69, 9.17) is 0 Å². The maximum Gasteiger partial charge on any atom is 0.241 e. The molecule has 3 heteroatoms. The number of piperidine rings is 1. The maximum atomic E-state index is 12.1. The Labute approximate surface area is 122 Å². The number of hydrogen-bond donors (Lipinski definition) is 2. The molecule has 0 spiro atoms. The lowest BCUT2D eigenvalue weighted by Crippen LogP contribution is -2.43. The number of aryl methyl sites for hydroxylation is 1. The Hall–Kier alpha value is -1.35. The van der Waals surface area contributed by atoms with Gasteiger partial charge in [-0.3, -0.25) is 4.79 Å². The summed E-state index contributed by atoms with van der Waals surface area (Å²) in [5.74, 6) is 0.100. The van der Waals surface area contributed by atoms with Crippen LogP contribution in [0.4, 0.5) is 5.69 Å². The van der Waals surface area contributed by atoms with Gasteiger partial charge in [0.25, 0.3) is 0 Å². The van der Waals surface area contributed by atoms with Crippen LogP contribution in [0.15, 0.2) is 24.3 Å². The normalized spacial score (nSPS) is 18.8. The maximum absolute atomic E-state index is 12.1. The molecule has 20 heavy (non-hydrogen) atoms. The fourth-order valence-electron chi connectivity index (χ4n) is 2.64. The van der Waals surface area contributed by atoms with Crippen molar-refractivity contribution in [1.29, 1.82) is 0 Å².